The van der Waals surface area contributed by atoms with Crippen LogP contribution in [0.5, 0.6) is 0 Å². The number of fused-ring (bicyclic) bond motifs is 1. The highest BCUT2D eigenvalue weighted by Gasteiger charge is 2.46. The molecule has 0 amide bonds. The van der Waals surface area contributed by atoms with Crippen molar-refractivity contribution in [2.45, 2.75) is 23.8 Å². The second-order valence-corrected chi connectivity index (χ2v) is 7.20. The number of aliphatic carboxylic acids is 1. The van der Waals surface area contributed by atoms with E-state index in [0.717, 1.165) is 0 Å². The van der Waals surface area contributed by atoms with Gasteiger partial charge in [-0.05, 0) is 18.6 Å². The number of aryl methyl sites for hydroxylation is 1. The molecule has 1 aliphatic heterocycles. The van der Waals surface area contributed by atoms with Gasteiger partial charge in [-0.3, -0.25) is 9.78 Å². The first-order valence-corrected chi connectivity index (χ1v) is 8.53. The Labute approximate surface area is 133 Å². The third kappa shape index (κ3) is 2.69. The molecular formula is C15H16N2O5S. The quantitative estimate of drug-likeness (QED) is 0.865. The molecule has 2 aromatic rings. The summed E-state index contributed by atoms with van der Waals surface area (Å²) >= 11 is 0. The van der Waals surface area contributed by atoms with Gasteiger partial charge in [0.1, 0.15) is 4.90 Å². The van der Waals surface area contributed by atoms with Crippen LogP contribution in [0, 0.1) is 6.92 Å². The van der Waals surface area contributed by atoms with Gasteiger partial charge in [0.2, 0.25) is 10.0 Å². The summed E-state index contributed by atoms with van der Waals surface area (Å²) in [6, 6.07) is 6.93. The maximum absolute atomic E-state index is 12.9. The van der Waals surface area contributed by atoms with Gasteiger partial charge in [0, 0.05) is 24.6 Å². The van der Waals surface area contributed by atoms with E-state index >= 15 is 0 Å². The standard InChI is InChI=1S/C15H16N2O5S/c1-10-4-5-11-3-2-7-16-12(11)13(10)23(20,21)17-15(14(18)19)6-8-22-9-15/h2-5,7,17H,6,8-9H2,1H3,(H,18,19). The van der Waals surface area contributed by atoms with Crippen LogP contribution in [0.15, 0.2) is 35.4 Å². The maximum atomic E-state index is 12.9. The molecule has 0 spiro atoms. The average molecular weight is 336 g/mol. The molecule has 0 aliphatic carbocycles. The number of carbonyl (C=O) groups is 1. The molecule has 1 unspecified atom stereocenters. The van der Waals surface area contributed by atoms with Crippen LogP contribution in [0.3, 0.4) is 0 Å². The highest BCUT2D eigenvalue weighted by atomic mass is 32.2. The fourth-order valence-corrected chi connectivity index (χ4v) is 4.51. The zero-order chi connectivity index (χ0) is 16.7. The van der Waals surface area contributed by atoms with Crippen LogP contribution in [0.1, 0.15) is 12.0 Å². The molecule has 2 N–H and O–H groups in total. The minimum atomic E-state index is -4.08. The zero-order valence-electron chi connectivity index (χ0n) is 12.4. The first-order chi connectivity index (χ1) is 10.9. The molecule has 1 aliphatic rings. The van der Waals surface area contributed by atoms with Crippen LogP contribution in [-0.2, 0) is 19.6 Å². The summed E-state index contributed by atoms with van der Waals surface area (Å²) in [5.41, 5.74) is -0.815. The van der Waals surface area contributed by atoms with Gasteiger partial charge in [0.15, 0.2) is 5.54 Å². The summed E-state index contributed by atoms with van der Waals surface area (Å²) in [5, 5.41) is 10.1. The molecule has 0 bridgehead atoms. The molecule has 3 rings (SSSR count). The molecule has 0 radical (unpaired) electrons. The molecule has 1 aromatic heterocycles. The Balaban J connectivity index is 2.14. The number of aromatic nitrogens is 1. The van der Waals surface area contributed by atoms with Crippen molar-refractivity contribution in [1.29, 1.82) is 0 Å². The summed E-state index contributed by atoms with van der Waals surface area (Å²) in [6.45, 7) is 1.65. The molecule has 1 atom stereocenters. The van der Waals surface area contributed by atoms with E-state index in [1.165, 1.54) is 6.20 Å². The lowest BCUT2D eigenvalue weighted by Gasteiger charge is -2.24. The van der Waals surface area contributed by atoms with Gasteiger partial charge in [0.25, 0.3) is 0 Å². The molecule has 1 fully saturated rings. The Bertz CT molecular complexity index is 873. The first-order valence-electron chi connectivity index (χ1n) is 7.05. The van der Waals surface area contributed by atoms with E-state index in [4.69, 9.17) is 4.74 Å². The number of nitrogens with one attached hydrogen (secondary N) is 1. The van der Waals surface area contributed by atoms with E-state index in [1.54, 1.807) is 31.2 Å². The van der Waals surface area contributed by atoms with Crippen molar-refractivity contribution in [1.82, 2.24) is 9.71 Å². The number of carboxylic acid groups (broad SMARTS) is 1. The summed E-state index contributed by atoms with van der Waals surface area (Å²) in [6.07, 6.45) is 1.59. The maximum Gasteiger partial charge on any atom is 0.327 e. The van der Waals surface area contributed by atoms with Gasteiger partial charge in [-0.1, -0.05) is 18.2 Å². The van der Waals surface area contributed by atoms with Crippen LogP contribution in [0.25, 0.3) is 10.9 Å². The third-order valence-corrected chi connectivity index (χ3v) is 5.67. The lowest BCUT2D eigenvalue weighted by atomic mass is 10.0. The second kappa shape index (κ2) is 5.55. The monoisotopic (exact) mass is 336 g/mol. The first kappa shape index (κ1) is 15.9. The van der Waals surface area contributed by atoms with Crippen molar-refractivity contribution in [3.63, 3.8) is 0 Å². The fraction of sp³-hybridized carbons (Fsp3) is 0.333. The number of sulfonamides is 1. The van der Waals surface area contributed by atoms with E-state index < -0.39 is 21.5 Å². The van der Waals surface area contributed by atoms with Crippen molar-refractivity contribution < 1.29 is 23.1 Å². The molecule has 23 heavy (non-hydrogen) atoms. The number of benzene rings is 1. The summed E-state index contributed by atoms with van der Waals surface area (Å²) < 4.78 is 33.1. The smallest absolute Gasteiger partial charge is 0.327 e. The summed E-state index contributed by atoms with van der Waals surface area (Å²) in [4.78, 5) is 15.7. The fourth-order valence-electron chi connectivity index (χ4n) is 2.72. The van der Waals surface area contributed by atoms with Crippen LogP contribution in [0.2, 0.25) is 0 Å². The van der Waals surface area contributed by atoms with E-state index in [1.807, 2.05) is 0 Å². The SMILES string of the molecule is Cc1ccc2cccnc2c1S(=O)(=O)NC1(C(=O)O)CCOC1. The number of carboxylic acids is 1. The third-order valence-electron chi connectivity index (χ3n) is 3.95. The number of hydrogen-bond acceptors (Lipinski definition) is 5. The predicted octanol–water partition coefficient (Wildman–Crippen LogP) is 1.07. The van der Waals surface area contributed by atoms with Gasteiger partial charge in [-0.2, -0.15) is 4.72 Å². The Hall–Kier alpha value is -2.03. The van der Waals surface area contributed by atoms with Gasteiger partial charge in [-0.15, -0.1) is 0 Å². The predicted molar refractivity (Wildman–Crippen MR) is 82.6 cm³/mol. The minimum absolute atomic E-state index is 0.00289. The van der Waals surface area contributed by atoms with E-state index in [2.05, 4.69) is 9.71 Å². The molecule has 2 heterocycles. The van der Waals surface area contributed by atoms with Crippen molar-refractivity contribution in [3.05, 3.63) is 36.0 Å². The highest BCUT2D eigenvalue weighted by Crippen LogP contribution is 2.28. The lowest BCUT2D eigenvalue weighted by molar-refractivity contribution is -0.144. The van der Waals surface area contributed by atoms with Gasteiger partial charge in [0.05, 0.1) is 12.1 Å². The number of pyridine rings is 1. The van der Waals surface area contributed by atoms with Crippen LogP contribution >= 0.6 is 0 Å². The van der Waals surface area contributed by atoms with Crippen LogP contribution in [0.4, 0.5) is 0 Å². The topological polar surface area (TPSA) is 106 Å². The largest absolute Gasteiger partial charge is 0.480 e. The highest BCUT2D eigenvalue weighted by molar-refractivity contribution is 7.89. The lowest BCUT2D eigenvalue weighted by Crippen LogP contribution is -2.55. The Morgan fingerprint density at radius 3 is 2.83 bits per heavy atom. The molecule has 7 nitrogen and oxygen atoms in total. The minimum Gasteiger partial charge on any atom is -0.480 e. The molecule has 1 saturated heterocycles. The molecular weight excluding hydrogens is 320 g/mol. The molecule has 122 valence electrons. The molecule has 1 aromatic carbocycles. The van der Waals surface area contributed by atoms with Gasteiger partial charge >= 0.3 is 5.97 Å². The summed E-state index contributed by atoms with van der Waals surface area (Å²) in [5.74, 6) is -1.25. The van der Waals surface area contributed by atoms with Crippen molar-refractivity contribution in [2.24, 2.45) is 0 Å². The van der Waals surface area contributed by atoms with Crippen molar-refractivity contribution >= 4 is 26.9 Å². The number of rotatable bonds is 4. The Kier molecular flexibility index (Phi) is 3.83. The van der Waals surface area contributed by atoms with Crippen molar-refractivity contribution in [2.75, 3.05) is 13.2 Å². The second-order valence-electron chi connectivity index (χ2n) is 5.58. The van der Waals surface area contributed by atoms with Crippen molar-refractivity contribution in [3.8, 4) is 0 Å². The van der Waals surface area contributed by atoms with Gasteiger partial charge < -0.3 is 9.84 Å². The number of nitrogens with zero attached hydrogens (tertiary/aromatic N) is 1. The van der Waals surface area contributed by atoms with E-state index in [0.29, 0.717) is 16.5 Å². The molecule has 0 saturated carbocycles. The van der Waals surface area contributed by atoms with E-state index in [-0.39, 0.29) is 24.5 Å². The van der Waals surface area contributed by atoms with Crippen LogP contribution in [-0.4, -0.2) is 43.2 Å². The summed E-state index contributed by atoms with van der Waals surface area (Å²) in [7, 11) is -4.08. The zero-order valence-corrected chi connectivity index (χ0v) is 13.3. The number of hydrogen-bond donors (Lipinski definition) is 2. The van der Waals surface area contributed by atoms with Crippen LogP contribution < -0.4 is 4.72 Å². The molecule has 8 heteroatoms. The Morgan fingerprint density at radius 1 is 1.39 bits per heavy atom. The van der Waals surface area contributed by atoms with E-state index in [9.17, 15) is 18.3 Å². The Morgan fingerprint density at radius 2 is 2.17 bits per heavy atom. The average Bonchev–Trinajstić information content (AvgIpc) is 2.96. The normalized spacial score (nSPS) is 21.6. The number of ether oxygens (including phenoxy) is 1. The van der Waals surface area contributed by atoms with Gasteiger partial charge in [-0.25, -0.2) is 8.42 Å².